The van der Waals surface area contributed by atoms with Crippen LogP contribution in [0.25, 0.3) is 0 Å². The number of furan rings is 1. The summed E-state index contributed by atoms with van der Waals surface area (Å²) in [5.74, 6) is 0.375. The molecule has 0 aliphatic heterocycles. The summed E-state index contributed by atoms with van der Waals surface area (Å²) in [6.07, 6.45) is 0.114. The van der Waals surface area contributed by atoms with Crippen LogP contribution in [0.3, 0.4) is 0 Å². The Balaban J connectivity index is 1.98. The Morgan fingerprint density at radius 1 is 1.19 bits per heavy atom. The molecular weight excluding hydrogens is 339 g/mol. The molecule has 0 aliphatic carbocycles. The summed E-state index contributed by atoms with van der Waals surface area (Å²) in [4.78, 5) is 26.4. The number of halogens is 1. The molecule has 1 aromatic carbocycles. The van der Waals surface area contributed by atoms with E-state index >= 15 is 0 Å². The SMILES string of the molecule is COCCN(CCC(=O)Nc1ccc(F)cc1)C(=O)c1cc(C)oc1C. The third-order valence-corrected chi connectivity index (χ3v) is 3.86. The minimum absolute atomic E-state index is 0.114. The molecule has 1 N–H and O–H groups in total. The summed E-state index contributed by atoms with van der Waals surface area (Å²) < 4.78 is 23.4. The molecule has 140 valence electrons. The number of methoxy groups -OCH3 is 1. The number of carbonyl (C=O) groups excluding carboxylic acids is 2. The molecule has 0 saturated heterocycles. The Morgan fingerprint density at radius 3 is 2.46 bits per heavy atom. The summed E-state index contributed by atoms with van der Waals surface area (Å²) in [5.41, 5.74) is 0.991. The summed E-state index contributed by atoms with van der Waals surface area (Å²) in [6, 6.07) is 7.20. The number of hydrogen-bond acceptors (Lipinski definition) is 4. The van der Waals surface area contributed by atoms with Gasteiger partial charge in [0.1, 0.15) is 17.3 Å². The maximum Gasteiger partial charge on any atom is 0.257 e. The normalized spacial score (nSPS) is 10.6. The van der Waals surface area contributed by atoms with Crippen molar-refractivity contribution in [3.05, 3.63) is 53.2 Å². The first-order valence-corrected chi connectivity index (χ1v) is 8.31. The molecular formula is C19H23FN2O4. The molecule has 0 atom stereocenters. The number of aryl methyl sites for hydroxylation is 2. The van der Waals surface area contributed by atoms with Crippen molar-refractivity contribution >= 4 is 17.5 Å². The molecule has 1 heterocycles. The molecule has 2 rings (SSSR count). The molecule has 0 radical (unpaired) electrons. The lowest BCUT2D eigenvalue weighted by Gasteiger charge is -2.22. The first kappa shape index (κ1) is 19.7. The van der Waals surface area contributed by atoms with E-state index in [-0.39, 0.29) is 30.6 Å². The van der Waals surface area contributed by atoms with Crippen LogP contribution in [0.5, 0.6) is 0 Å². The second-order valence-electron chi connectivity index (χ2n) is 5.92. The molecule has 6 nitrogen and oxygen atoms in total. The van der Waals surface area contributed by atoms with E-state index in [2.05, 4.69) is 5.32 Å². The zero-order chi connectivity index (χ0) is 19.1. The maximum absolute atomic E-state index is 12.9. The van der Waals surface area contributed by atoms with Gasteiger partial charge in [-0.2, -0.15) is 0 Å². The van der Waals surface area contributed by atoms with Gasteiger partial charge >= 0.3 is 0 Å². The predicted octanol–water partition coefficient (Wildman–Crippen LogP) is 3.15. The third-order valence-electron chi connectivity index (χ3n) is 3.86. The Labute approximate surface area is 151 Å². The fourth-order valence-electron chi connectivity index (χ4n) is 2.52. The van der Waals surface area contributed by atoms with Gasteiger partial charge in [-0.25, -0.2) is 4.39 Å². The van der Waals surface area contributed by atoms with E-state index in [1.807, 2.05) is 0 Å². The van der Waals surface area contributed by atoms with E-state index in [4.69, 9.17) is 9.15 Å². The Hall–Kier alpha value is -2.67. The number of hydrogen-bond donors (Lipinski definition) is 1. The Bertz CT molecular complexity index is 755. The van der Waals surface area contributed by atoms with E-state index in [9.17, 15) is 14.0 Å². The number of nitrogens with zero attached hydrogens (tertiary/aromatic N) is 1. The van der Waals surface area contributed by atoms with E-state index in [0.717, 1.165) is 0 Å². The molecule has 0 bridgehead atoms. The largest absolute Gasteiger partial charge is 0.466 e. The van der Waals surface area contributed by atoms with Crippen LogP contribution in [0.4, 0.5) is 10.1 Å². The third kappa shape index (κ3) is 5.42. The van der Waals surface area contributed by atoms with Crippen molar-refractivity contribution < 1.29 is 23.1 Å². The van der Waals surface area contributed by atoms with E-state index in [1.165, 1.54) is 24.3 Å². The predicted molar refractivity (Wildman–Crippen MR) is 95.6 cm³/mol. The lowest BCUT2D eigenvalue weighted by atomic mass is 10.2. The Kier molecular flexibility index (Phi) is 6.91. The van der Waals surface area contributed by atoms with Crippen molar-refractivity contribution in [1.29, 1.82) is 0 Å². The molecule has 2 amide bonds. The van der Waals surface area contributed by atoms with Crippen molar-refractivity contribution in [3.8, 4) is 0 Å². The van der Waals surface area contributed by atoms with Crippen LogP contribution >= 0.6 is 0 Å². The van der Waals surface area contributed by atoms with Gasteiger partial charge in [0.2, 0.25) is 5.91 Å². The number of carbonyl (C=O) groups is 2. The molecule has 0 aliphatic rings. The van der Waals surface area contributed by atoms with Gasteiger partial charge in [-0.1, -0.05) is 0 Å². The smallest absolute Gasteiger partial charge is 0.257 e. The van der Waals surface area contributed by atoms with Gasteiger partial charge in [-0.3, -0.25) is 9.59 Å². The highest BCUT2D eigenvalue weighted by Crippen LogP contribution is 2.16. The minimum atomic E-state index is -0.370. The van der Waals surface area contributed by atoms with Crippen molar-refractivity contribution in [2.75, 3.05) is 32.1 Å². The van der Waals surface area contributed by atoms with Gasteiger partial charge in [-0.15, -0.1) is 0 Å². The summed E-state index contributed by atoms with van der Waals surface area (Å²) >= 11 is 0. The highest BCUT2D eigenvalue weighted by atomic mass is 19.1. The summed E-state index contributed by atoms with van der Waals surface area (Å²) in [7, 11) is 1.55. The van der Waals surface area contributed by atoms with Crippen LogP contribution in [-0.2, 0) is 9.53 Å². The van der Waals surface area contributed by atoms with E-state index < -0.39 is 0 Å². The highest BCUT2D eigenvalue weighted by Gasteiger charge is 2.21. The van der Waals surface area contributed by atoms with Gasteiger partial charge in [0.15, 0.2) is 0 Å². The van der Waals surface area contributed by atoms with Gasteiger partial charge in [0.05, 0.1) is 12.2 Å². The first-order chi connectivity index (χ1) is 12.4. The number of amides is 2. The average Bonchev–Trinajstić information content (AvgIpc) is 2.95. The zero-order valence-electron chi connectivity index (χ0n) is 15.2. The molecule has 0 saturated carbocycles. The van der Waals surface area contributed by atoms with Crippen molar-refractivity contribution in [2.45, 2.75) is 20.3 Å². The lowest BCUT2D eigenvalue weighted by molar-refractivity contribution is -0.116. The van der Waals surface area contributed by atoms with Gasteiger partial charge in [0.25, 0.3) is 5.91 Å². The van der Waals surface area contributed by atoms with Gasteiger partial charge in [-0.05, 0) is 44.2 Å². The highest BCUT2D eigenvalue weighted by molar-refractivity contribution is 5.96. The molecule has 7 heteroatoms. The van der Waals surface area contributed by atoms with Crippen LogP contribution in [0, 0.1) is 19.7 Å². The molecule has 26 heavy (non-hydrogen) atoms. The molecule has 1 aromatic heterocycles. The minimum Gasteiger partial charge on any atom is -0.466 e. The van der Waals surface area contributed by atoms with Crippen molar-refractivity contribution in [1.82, 2.24) is 4.90 Å². The second-order valence-corrected chi connectivity index (χ2v) is 5.92. The molecule has 0 spiro atoms. The maximum atomic E-state index is 12.9. The lowest BCUT2D eigenvalue weighted by Crippen LogP contribution is -2.36. The molecule has 2 aromatic rings. The fourth-order valence-corrected chi connectivity index (χ4v) is 2.52. The molecule has 0 fully saturated rings. The van der Waals surface area contributed by atoms with Crippen LogP contribution in [-0.4, -0.2) is 43.5 Å². The molecule has 0 unspecified atom stereocenters. The quantitative estimate of drug-likeness (QED) is 0.783. The number of rotatable bonds is 8. The fraction of sp³-hybridized carbons (Fsp3) is 0.368. The standard InChI is InChI=1S/C19H23FN2O4/c1-13-12-17(14(2)26-13)19(24)22(10-11-25-3)9-8-18(23)21-16-6-4-15(20)5-7-16/h4-7,12H,8-11H2,1-3H3,(H,21,23). The first-order valence-electron chi connectivity index (χ1n) is 8.31. The van der Waals surface area contributed by atoms with Crippen LogP contribution in [0.1, 0.15) is 28.3 Å². The number of anilines is 1. The van der Waals surface area contributed by atoms with Crippen molar-refractivity contribution in [3.63, 3.8) is 0 Å². The zero-order valence-corrected chi connectivity index (χ0v) is 15.2. The average molecular weight is 362 g/mol. The van der Waals surface area contributed by atoms with Crippen molar-refractivity contribution in [2.24, 2.45) is 0 Å². The number of ether oxygens (including phenoxy) is 1. The van der Waals surface area contributed by atoms with Crippen LogP contribution < -0.4 is 5.32 Å². The van der Waals surface area contributed by atoms with E-state index in [1.54, 1.807) is 31.9 Å². The Morgan fingerprint density at radius 2 is 1.88 bits per heavy atom. The number of benzene rings is 1. The summed E-state index contributed by atoms with van der Waals surface area (Å²) in [5, 5.41) is 2.68. The van der Waals surface area contributed by atoms with Gasteiger partial charge < -0.3 is 19.4 Å². The second kappa shape index (κ2) is 9.15. The van der Waals surface area contributed by atoms with Crippen LogP contribution in [0.15, 0.2) is 34.7 Å². The monoisotopic (exact) mass is 362 g/mol. The topological polar surface area (TPSA) is 71.8 Å². The number of nitrogens with one attached hydrogen (secondary N) is 1. The summed E-state index contributed by atoms with van der Waals surface area (Å²) in [6.45, 7) is 4.47. The van der Waals surface area contributed by atoms with Crippen LogP contribution in [0.2, 0.25) is 0 Å². The van der Waals surface area contributed by atoms with E-state index in [0.29, 0.717) is 35.9 Å². The van der Waals surface area contributed by atoms with Gasteiger partial charge in [0, 0.05) is 32.3 Å².